The summed E-state index contributed by atoms with van der Waals surface area (Å²) in [6, 6.07) is 0.669. The molecule has 1 N–H and O–H groups in total. The summed E-state index contributed by atoms with van der Waals surface area (Å²) < 4.78 is 0. The van der Waals surface area contributed by atoms with Crippen molar-refractivity contribution >= 4 is 16.5 Å². The van der Waals surface area contributed by atoms with Crippen molar-refractivity contribution in [3.8, 4) is 0 Å². The molecule has 4 heteroatoms. The van der Waals surface area contributed by atoms with E-state index >= 15 is 0 Å². The minimum absolute atomic E-state index is 0.669. The summed E-state index contributed by atoms with van der Waals surface area (Å²) in [5.74, 6) is 0. The zero-order valence-corrected chi connectivity index (χ0v) is 11.0. The number of nitrogens with one attached hydrogen (secondary N) is 1. The molecule has 1 fully saturated rings. The van der Waals surface area contributed by atoms with E-state index in [2.05, 4.69) is 29.0 Å². The zero-order valence-electron chi connectivity index (χ0n) is 10.2. The molecule has 0 aliphatic carbocycles. The summed E-state index contributed by atoms with van der Waals surface area (Å²) in [6.45, 7) is 7.72. The van der Waals surface area contributed by atoms with Gasteiger partial charge in [-0.05, 0) is 32.7 Å². The maximum atomic E-state index is 4.53. The predicted molar refractivity (Wildman–Crippen MR) is 70.2 cm³/mol. The van der Waals surface area contributed by atoms with Crippen molar-refractivity contribution in [2.45, 2.75) is 45.7 Å². The average molecular weight is 239 g/mol. The molecule has 16 heavy (non-hydrogen) atoms. The number of hydrogen-bond acceptors (Lipinski definition) is 4. The number of aromatic nitrogens is 1. The molecular weight excluding hydrogens is 218 g/mol. The van der Waals surface area contributed by atoms with Crippen LogP contribution in [-0.2, 0) is 6.54 Å². The van der Waals surface area contributed by atoms with Gasteiger partial charge in [-0.1, -0.05) is 6.92 Å². The van der Waals surface area contributed by atoms with E-state index < -0.39 is 0 Å². The van der Waals surface area contributed by atoms with E-state index in [1.54, 1.807) is 0 Å². The van der Waals surface area contributed by atoms with Crippen molar-refractivity contribution in [3.05, 3.63) is 11.1 Å². The van der Waals surface area contributed by atoms with Crippen molar-refractivity contribution < 1.29 is 0 Å². The van der Waals surface area contributed by atoms with Gasteiger partial charge in [0, 0.05) is 30.2 Å². The Morgan fingerprint density at radius 1 is 1.62 bits per heavy atom. The van der Waals surface area contributed by atoms with Crippen LogP contribution in [0, 0.1) is 0 Å². The summed E-state index contributed by atoms with van der Waals surface area (Å²) in [5, 5.41) is 4.63. The first kappa shape index (κ1) is 11.9. The van der Waals surface area contributed by atoms with Gasteiger partial charge in [-0.3, -0.25) is 0 Å². The Balaban J connectivity index is 1.91. The number of rotatable bonds is 5. The molecule has 1 aromatic rings. The lowest BCUT2D eigenvalue weighted by molar-refractivity contribution is 0.681. The van der Waals surface area contributed by atoms with Gasteiger partial charge in [-0.2, -0.15) is 0 Å². The topological polar surface area (TPSA) is 28.2 Å². The molecule has 0 bridgehead atoms. The van der Waals surface area contributed by atoms with Crippen LogP contribution in [0.4, 0.5) is 5.13 Å². The van der Waals surface area contributed by atoms with Crippen LogP contribution in [0.2, 0.25) is 0 Å². The second kappa shape index (κ2) is 5.64. The highest BCUT2D eigenvalue weighted by atomic mass is 32.1. The molecule has 1 aliphatic heterocycles. The van der Waals surface area contributed by atoms with Gasteiger partial charge in [-0.25, -0.2) is 4.98 Å². The van der Waals surface area contributed by atoms with Gasteiger partial charge in [0.25, 0.3) is 0 Å². The summed E-state index contributed by atoms with van der Waals surface area (Å²) in [5.41, 5.74) is 0. The first-order chi connectivity index (χ1) is 7.81. The predicted octanol–water partition coefficient (Wildman–Crippen LogP) is 2.63. The first-order valence-corrected chi connectivity index (χ1v) is 7.05. The van der Waals surface area contributed by atoms with E-state index in [4.69, 9.17) is 0 Å². The standard InChI is InChI=1S/C12H21N3S/c1-3-6-13-8-11-9-14-12(16-11)15-7-4-5-10(15)2/h9-10,13H,3-8H2,1-2H3. The molecule has 0 amide bonds. The first-order valence-electron chi connectivity index (χ1n) is 6.23. The van der Waals surface area contributed by atoms with Crippen molar-refractivity contribution in [2.24, 2.45) is 0 Å². The summed E-state index contributed by atoms with van der Waals surface area (Å²) in [7, 11) is 0. The van der Waals surface area contributed by atoms with Gasteiger partial charge < -0.3 is 10.2 Å². The zero-order chi connectivity index (χ0) is 11.4. The van der Waals surface area contributed by atoms with Crippen LogP contribution >= 0.6 is 11.3 Å². The number of nitrogens with zero attached hydrogens (tertiary/aromatic N) is 2. The molecule has 2 rings (SSSR count). The van der Waals surface area contributed by atoms with E-state index in [1.165, 1.54) is 35.8 Å². The van der Waals surface area contributed by atoms with Crippen LogP contribution < -0.4 is 10.2 Å². The highest BCUT2D eigenvalue weighted by Crippen LogP contribution is 2.29. The highest BCUT2D eigenvalue weighted by Gasteiger charge is 2.22. The van der Waals surface area contributed by atoms with E-state index in [-0.39, 0.29) is 0 Å². The number of thiazole rings is 1. The molecule has 1 unspecified atom stereocenters. The van der Waals surface area contributed by atoms with E-state index in [0.717, 1.165) is 13.1 Å². The van der Waals surface area contributed by atoms with Crippen molar-refractivity contribution in [1.82, 2.24) is 10.3 Å². The quantitative estimate of drug-likeness (QED) is 0.801. The lowest BCUT2D eigenvalue weighted by Gasteiger charge is -2.19. The van der Waals surface area contributed by atoms with Crippen LogP contribution in [0.25, 0.3) is 0 Å². The van der Waals surface area contributed by atoms with Gasteiger partial charge in [0.1, 0.15) is 0 Å². The maximum absolute atomic E-state index is 4.53. The fraction of sp³-hybridized carbons (Fsp3) is 0.750. The number of anilines is 1. The van der Waals surface area contributed by atoms with Crippen LogP contribution in [0.15, 0.2) is 6.20 Å². The summed E-state index contributed by atoms with van der Waals surface area (Å²) >= 11 is 1.84. The van der Waals surface area contributed by atoms with E-state index in [9.17, 15) is 0 Å². The Hall–Kier alpha value is -0.610. The van der Waals surface area contributed by atoms with E-state index in [1.807, 2.05) is 17.5 Å². The fourth-order valence-electron chi connectivity index (χ4n) is 2.12. The molecule has 1 atom stereocenters. The Morgan fingerprint density at radius 3 is 3.19 bits per heavy atom. The smallest absolute Gasteiger partial charge is 0.185 e. The van der Waals surface area contributed by atoms with Crippen LogP contribution in [0.3, 0.4) is 0 Å². The van der Waals surface area contributed by atoms with Crippen molar-refractivity contribution in [3.63, 3.8) is 0 Å². The van der Waals surface area contributed by atoms with Gasteiger partial charge >= 0.3 is 0 Å². The van der Waals surface area contributed by atoms with Gasteiger partial charge in [-0.15, -0.1) is 11.3 Å². The Morgan fingerprint density at radius 2 is 2.50 bits per heavy atom. The third kappa shape index (κ3) is 2.74. The number of hydrogen-bond donors (Lipinski definition) is 1. The Kier molecular flexibility index (Phi) is 4.18. The molecule has 0 spiro atoms. The van der Waals surface area contributed by atoms with Crippen LogP contribution in [-0.4, -0.2) is 24.1 Å². The molecule has 2 heterocycles. The molecular formula is C12H21N3S. The van der Waals surface area contributed by atoms with Crippen LogP contribution in [0.5, 0.6) is 0 Å². The fourth-order valence-corrected chi connectivity index (χ4v) is 3.13. The second-order valence-corrected chi connectivity index (χ2v) is 5.56. The summed E-state index contributed by atoms with van der Waals surface area (Å²) in [4.78, 5) is 8.32. The van der Waals surface area contributed by atoms with Crippen molar-refractivity contribution in [1.29, 1.82) is 0 Å². The third-order valence-electron chi connectivity index (χ3n) is 3.07. The van der Waals surface area contributed by atoms with Crippen LogP contribution in [0.1, 0.15) is 38.0 Å². The van der Waals surface area contributed by atoms with Crippen molar-refractivity contribution in [2.75, 3.05) is 18.0 Å². The normalized spacial score (nSPS) is 20.6. The molecule has 1 saturated heterocycles. The molecule has 0 aromatic carbocycles. The van der Waals surface area contributed by atoms with E-state index in [0.29, 0.717) is 6.04 Å². The minimum Gasteiger partial charge on any atom is -0.345 e. The molecule has 0 saturated carbocycles. The Labute approximate surface area is 102 Å². The minimum atomic E-state index is 0.669. The largest absolute Gasteiger partial charge is 0.345 e. The highest BCUT2D eigenvalue weighted by molar-refractivity contribution is 7.15. The average Bonchev–Trinajstić information content (AvgIpc) is 2.87. The maximum Gasteiger partial charge on any atom is 0.185 e. The molecule has 3 nitrogen and oxygen atoms in total. The second-order valence-electron chi connectivity index (χ2n) is 4.47. The Bertz CT molecular complexity index is 324. The van der Waals surface area contributed by atoms with Gasteiger partial charge in [0.15, 0.2) is 5.13 Å². The molecule has 1 aromatic heterocycles. The monoisotopic (exact) mass is 239 g/mol. The SMILES string of the molecule is CCCNCc1cnc(N2CCCC2C)s1. The van der Waals surface area contributed by atoms with Gasteiger partial charge in [0.05, 0.1) is 0 Å². The third-order valence-corrected chi connectivity index (χ3v) is 4.10. The lowest BCUT2D eigenvalue weighted by Crippen LogP contribution is -2.25. The molecule has 90 valence electrons. The molecule has 1 aliphatic rings. The molecule has 0 radical (unpaired) electrons. The van der Waals surface area contributed by atoms with Gasteiger partial charge in [0.2, 0.25) is 0 Å². The summed E-state index contributed by atoms with van der Waals surface area (Å²) in [6.07, 6.45) is 5.83. The lowest BCUT2D eigenvalue weighted by atomic mass is 10.2.